The van der Waals surface area contributed by atoms with Gasteiger partial charge in [-0.3, -0.25) is 9.59 Å². The molecule has 0 aliphatic carbocycles. The summed E-state index contributed by atoms with van der Waals surface area (Å²) in [7, 11) is 0. The molecule has 0 aromatic heterocycles. The smallest absolute Gasteiger partial charge is 0.305 e. The molecular weight excluding hydrogens is 1030 g/mol. The van der Waals surface area contributed by atoms with E-state index in [1.807, 2.05) is 0 Å². The number of aliphatic hydroxyl groups is 2. The van der Waals surface area contributed by atoms with Gasteiger partial charge in [0.15, 0.2) is 0 Å². The van der Waals surface area contributed by atoms with E-state index in [0.717, 1.165) is 51.4 Å². The Morgan fingerprint density at radius 2 is 0.595 bits per heavy atom. The van der Waals surface area contributed by atoms with Crippen LogP contribution in [-0.4, -0.2) is 47.4 Å². The first-order chi connectivity index (χ1) is 41.5. The van der Waals surface area contributed by atoms with Gasteiger partial charge in [-0.15, -0.1) is 0 Å². The van der Waals surface area contributed by atoms with Gasteiger partial charge in [0, 0.05) is 12.8 Å². The predicted octanol–water partition coefficient (Wildman–Crippen LogP) is 25.0. The molecule has 0 radical (unpaired) electrons. The van der Waals surface area contributed by atoms with Crippen LogP contribution in [0.4, 0.5) is 0 Å². The van der Waals surface area contributed by atoms with E-state index in [1.165, 1.54) is 340 Å². The molecule has 6 heteroatoms. The molecule has 0 heterocycles. The maximum atomic E-state index is 12.6. The van der Waals surface area contributed by atoms with Crippen LogP contribution in [0.2, 0.25) is 0 Å². The highest BCUT2D eigenvalue weighted by atomic mass is 16.5. The second-order valence-corrected chi connectivity index (χ2v) is 26.3. The largest absolute Gasteiger partial charge is 0.466 e. The third-order valence-corrected chi connectivity index (χ3v) is 17.9. The highest BCUT2D eigenvalue weighted by Gasteiger charge is 2.20. The fourth-order valence-electron chi connectivity index (χ4n) is 12.1. The summed E-state index contributed by atoms with van der Waals surface area (Å²) < 4.78 is 5.49. The summed E-state index contributed by atoms with van der Waals surface area (Å²) in [4.78, 5) is 24.6. The van der Waals surface area contributed by atoms with Crippen LogP contribution in [0, 0.1) is 0 Å². The normalized spacial score (nSPS) is 12.7. The van der Waals surface area contributed by atoms with Crippen molar-refractivity contribution in [1.82, 2.24) is 5.32 Å². The van der Waals surface area contributed by atoms with Gasteiger partial charge >= 0.3 is 5.97 Å². The number of unbranched alkanes of at least 4 members (excludes halogenated alkanes) is 55. The van der Waals surface area contributed by atoms with E-state index in [-0.39, 0.29) is 18.5 Å². The van der Waals surface area contributed by atoms with Crippen molar-refractivity contribution in [3.8, 4) is 0 Å². The zero-order valence-corrected chi connectivity index (χ0v) is 56.9. The van der Waals surface area contributed by atoms with Crippen LogP contribution < -0.4 is 5.32 Å². The molecule has 496 valence electrons. The molecule has 0 aliphatic heterocycles. The summed E-state index contributed by atoms with van der Waals surface area (Å²) in [5, 5.41) is 23.5. The lowest BCUT2D eigenvalue weighted by molar-refractivity contribution is -0.143. The Bertz CT molecular complexity index is 1360. The van der Waals surface area contributed by atoms with Crippen molar-refractivity contribution in [1.29, 1.82) is 0 Å². The van der Waals surface area contributed by atoms with Crippen LogP contribution in [0.3, 0.4) is 0 Å². The van der Waals surface area contributed by atoms with Crippen LogP contribution >= 0.6 is 0 Å². The van der Waals surface area contributed by atoms with Gasteiger partial charge in [0.25, 0.3) is 0 Å². The molecule has 0 rings (SSSR count). The number of ether oxygens (including phenoxy) is 1. The molecule has 6 nitrogen and oxygen atoms in total. The Morgan fingerprint density at radius 1 is 0.333 bits per heavy atom. The molecule has 0 aromatic carbocycles. The van der Waals surface area contributed by atoms with Gasteiger partial charge in [-0.2, -0.15) is 0 Å². The summed E-state index contributed by atoms with van der Waals surface area (Å²) in [6.07, 6.45) is 95.0. The Hall–Kier alpha value is -1.92. The molecule has 0 spiro atoms. The molecule has 0 fully saturated rings. The molecule has 1 amide bonds. The number of hydrogen-bond acceptors (Lipinski definition) is 5. The molecule has 2 atom stereocenters. The van der Waals surface area contributed by atoms with Crippen molar-refractivity contribution in [2.45, 2.75) is 437 Å². The zero-order valence-electron chi connectivity index (χ0n) is 56.9. The van der Waals surface area contributed by atoms with Crippen molar-refractivity contribution < 1.29 is 24.5 Å². The average Bonchev–Trinajstić information content (AvgIpc) is 3.51. The SMILES string of the molecule is CCCCCCCC/C=C\CCCCCCCC(=O)OCCCCCCCCCCC/C=C\C/C=C\CCCCCCCCCCCCCC(=O)NC(CO)C(O)CCCCCCCCCCCCCCCCCCCCCCCCCCC. The highest BCUT2D eigenvalue weighted by molar-refractivity contribution is 5.76. The summed E-state index contributed by atoms with van der Waals surface area (Å²) >= 11 is 0. The van der Waals surface area contributed by atoms with Crippen LogP contribution in [0.5, 0.6) is 0 Å². The third-order valence-electron chi connectivity index (χ3n) is 17.9. The van der Waals surface area contributed by atoms with Crippen molar-refractivity contribution >= 4 is 11.9 Å². The molecule has 0 saturated carbocycles. The minimum atomic E-state index is -0.669. The number of nitrogens with one attached hydrogen (secondary N) is 1. The first-order valence-corrected chi connectivity index (χ1v) is 38.2. The van der Waals surface area contributed by atoms with Gasteiger partial charge in [-0.05, 0) is 83.5 Å². The minimum absolute atomic E-state index is 0.00350. The maximum absolute atomic E-state index is 12.6. The number of esters is 1. The molecule has 2 unspecified atom stereocenters. The van der Waals surface area contributed by atoms with E-state index < -0.39 is 12.1 Å². The molecular formula is C78H149NO5. The van der Waals surface area contributed by atoms with E-state index in [4.69, 9.17) is 4.74 Å². The lowest BCUT2D eigenvalue weighted by atomic mass is 10.0. The Labute approximate surface area is 525 Å². The first kappa shape index (κ1) is 82.1. The van der Waals surface area contributed by atoms with Gasteiger partial charge in [0.1, 0.15) is 0 Å². The maximum Gasteiger partial charge on any atom is 0.305 e. The van der Waals surface area contributed by atoms with E-state index in [2.05, 4.69) is 55.6 Å². The third kappa shape index (κ3) is 69.2. The monoisotopic (exact) mass is 1180 g/mol. The molecule has 3 N–H and O–H groups in total. The van der Waals surface area contributed by atoms with Gasteiger partial charge in [-0.25, -0.2) is 0 Å². The first-order valence-electron chi connectivity index (χ1n) is 38.2. The molecule has 0 aromatic rings. The van der Waals surface area contributed by atoms with Crippen molar-refractivity contribution in [2.24, 2.45) is 0 Å². The molecule has 0 saturated heterocycles. The Kier molecular flexibility index (Phi) is 71.9. The van der Waals surface area contributed by atoms with E-state index in [1.54, 1.807) is 0 Å². The van der Waals surface area contributed by atoms with Crippen LogP contribution in [-0.2, 0) is 14.3 Å². The number of aliphatic hydroxyl groups excluding tert-OH is 2. The Balaban J connectivity index is 3.42. The predicted molar refractivity (Wildman–Crippen MR) is 370 cm³/mol. The number of carbonyl (C=O) groups is 2. The van der Waals surface area contributed by atoms with Gasteiger partial charge in [0.2, 0.25) is 5.91 Å². The van der Waals surface area contributed by atoms with Crippen molar-refractivity contribution in [2.75, 3.05) is 13.2 Å². The molecule has 0 aliphatic rings. The van der Waals surface area contributed by atoms with Crippen LogP contribution in [0.1, 0.15) is 425 Å². The van der Waals surface area contributed by atoms with E-state index in [9.17, 15) is 19.8 Å². The number of carbonyl (C=O) groups excluding carboxylic acids is 2. The van der Waals surface area contributed by atoms with Crippen LogP contribution in [0.25, 0.3) is 0 Å². The van der Waals surface area contributed by atoms with E-state index in [0.29, 0.717) is 25.9 Å². The van der Waals surface area contributed by atoms with Crippen molar-refractivity contribution in [3.05, 3.63) is 36.5 Å². The molecule has 0 bridgehead atoms. The van der Waals surface area contributed by atoms with Gasteiger partial charge in [0.05, 0.1) is 25.4 Å². The fraction of sp³-hybridized carbons (Fsp3) is 0.897. The second kappa shape index (κ2) is 73.5. The van der Waals surface area contributed by atoms with Crippen molar-refractivity contribution in [3.63, 3.8) is 0 Å². The molecule has 84 heavy (non-hydrogen) atoms. The summed E-state index contributed by atoms with van der Waals surface area (Å²) in [5.41, 5.74) is 0. The summed E-state index contributed by atoms with van der Waals surface area (Å²) in [6, 6.07) is -0.546. The fourth-order valence-corrected chi connectivity index (χ4v) is 12.1. The lowest BCUT2D eigenvalue weighted by Crippen LogP contribution is -2.45. The average molecular weight is 1180 g/mol. The van der Waals surface area contributed by atoms with Gasteiger partial charge < -0.3 is 20.3 Å². The lowest BCUT2D eigenvalue weighted by Gasteiger charge is -2.22. The topological polar surface area (TPSA) is 95.9 Å². The standard InChI is InChI=1S/C78H149NO5/c1-3-5-7-9-11-13-15-17-19-20-21-22-23-27-30-33-36-39-43-46-50-54-58-62-66-70-76(81)75(74-80)79-77(82)71-67-63-59-55-51-47-44-40-37-34-31-28-25-24-26-29-32-35-38-41-45-49-53-57-61-65-69-73-84-78(83)72-68-64-60-56-52-48-42-18-16-14-12-10-8-6-4-2/h18,24-25,29,32,42,75-76,80-81H,3-17,19-23,26-28,30-31,33-41,43-74H2,1-2H3,(H,79,82)/b25-24-,32-29-,42-18-. The number of allylic oxidation sites excluding steroid dienone is 6. The number of rotatable bonds is 72. The van der Waals surface area contributed by atoms with E-state index >= 15 is 0 Å². The minimum Gasteiger partial charge on any atom is -0.466 e. The van der Waals surface area contributed by atoms with Gasteiger partial charge in [-0.1, -0.05) is 365 Å². The number of hydrogen-bond donors (Lipinski definition) is 3. The summed E-state index contributed by atoms with van der Waals surface area (Å²) in [5.74, 6) is -0.0297. The zero-order chi connectivity index (χ0) is 60.6. The number of amides is 1. The summed E-state index contributed by atoms with van der Waals surface area (Å²) in [6.45, 7) is 4.98. The highest BCUT2D eigenvalue weighted by Crippen LogP contribution is 2.19. The Morgan fingerprint density at radius 3 is 0.917 bits per heavy atom. The second-order valence-electron chi connectivity index (χ2n) is 26.3. The van der Waals surface area contributed by atoms with Crippen LogP contribution in [0.15, 0.2) is 36.5 Å². The quantitative estimate of drug-likeness (QED) is 0.0320.